The van der Waals surface area contributed by atoms with Crippen molar-refractivity contribution < 1.29 is 14.4 Å². The second-order valence-electron chi connectivity index (χ2n) is 5.23. The van der Waals surface area contributed by atoms with Gasteiger partial charge >= 0.3 is 0 Å². The van der Waals surface area contributed by atoms with Crippen LogP contribution in [0.5, 0.6) is 0 Å². The summed E-state index contributed by atoms with van der Waals surface area (Å²) < 4.78 is 11.0. The van der Waals surface area contributed by atoms with E-state index in [9.17, 15) is 5.11 Å². The van der Waals surface area contributed by atoms with E-state index in [4.69, 9.17) is 9.26 Å². The predicted octanol–water partition coefficient (Wildman–Crippen LogP) is 3.07. The lowest BCUT2D eigenvalue weighted by Crippen LogP contribution is -2.20. The Labute approximate surface area is 115 Å². The van der Waals surface area contributed by atoms with Crippen molar-refractivity contribution in [1.29, 1.82) is 0 Å². The molecule has 1 aromatic heterocycles. The maximum atomic E-state index is 9.83. The first-order chi connectivity index (χ1) is 9.01. The van der Waals surface area contributed by atoms with Gasteiger partial charge in [0.25, 0.3) is 0 Å². The summed E-state index contributed by atoms with van der Waals surface area (Å²) in [7, 11) is 0. The Bertz CT molecular complexity index is 349. The number of aliphatic hydroxyl groups excluding tert-OH is 1. The van der Waals surface area contributed by atoms with E-state index in [0.29, 0.717) is 18.3 Å². The molecule has 1 N–H and O–H groups in total. The van der Waals surface area contributed by atoms with Crippen LogP contribution in [0.25, 0.3) is 0 Å². The van der Waals surface area contributed by atoms with Gasteiger partial charge in [-0.1, -0.05) is 32.3 Å². The van der Waals surface area contributed by atoms with Crippen LogP contribution in [0.1, 0.15) is 71.2 Å². The monoisotopic (exact) mass is 270 g/mol. The summed E-state index contributed by atoms with van der Waals surface area (Å²) in [5.41, 5.74) is 0. The molecule has 0 saturated heterocycles. The molecule has 3 unspecified atom stereocenters. The van der Waals surface area contributed by atoms with Crippen LogP contribution in [0.2, 0.25) is 0 Å². The topological polar surface area (TPSA) is 68.4 Å². The Morgan fingerprint density at radius 2 is 1.95 bits per heavy atom. The van der Waals surface area contributed by atoms with Gasteiger partial charge in [-0.2, -0.15) is 4.98 Å². The summed E-state index contributed by atoms with van der Waals surface area (Å²) in [4.78, 5) is 4.43. The molecular weight excluding hydrogens is 244 g/mol. The Balaban J connectivity index is 2.89. The molecule has 1 aromatic rings. The van der Waals surface area contributed by atoms with Crippen LogP contribution in [-0.4, -0.2) is 28.0 Å². The third kappa shape index (κ3) is 4.28. The minimum absolute atomic E-state index is 0.116. The third-order valence-corrected chi connectivity index (χ3v) is 3.19. The largest absolute Gasteiger partial charge is 0.393 e. The first-order valence-corrected chi connectivity index (χ1v) is 7.14. The van der Waals surface area contributed by atoms with Crippen LogP contribution in [-0.2, 0) is 4.74 Å². The highest BCUT2D eigenvalue weighted by Gasteiger charge is 2.28. The van der Waals surface area contributed by atoms with Gasteiger partial charge in [0.1, 0.15) is 6.10 Å². The van der Waals surface area contributed by atoms with Gasteiger partial charge in [0.05, 0.1) is 12.0 Å². The molecule has 110 valence electrons. The zero-order chi connectivity index (χ0) is 14.4. The molecule has 0 aliphatic rings. The van der Waals surface area contributed by atoms with Crippen molar-refractivity contribution in [2.45, 2.75) is 65.6 Å². The van der Waals surface area contributed by atoms with E-state index in [1.165, 1.54) is 0 Å². The zero-order valence-electron chi connectivity index (χ0n) is 12.6. The second-order valence-corrected chi connectivity index (χ2v) is 5.23. The predicted molar refractivity (Wildman–Crippen MR) is 72.8 cm³/mol. The summed E-state index contributed by atoms with van der Waals surface area (Å²) in [6.45, 7) is 10.5. The highest BCUT2D eigenvalue weighted by Crippen LogP contribution is 2.28. The van der Waals surface area contributed by atoms with Crippen LogP contribution < -0.4 is 0 Å². The Kier molecular flexibility index (Phi) is 6.45. The molecular formula is C14H26N2O3. The molecule has 0 aliphatic carbocycles. The molecule has 0 fully saturated rings. The molecule has 5 nitrogen and oxygen atoms in total. The number of aliphatic hydroxyl groups is 1. The third-order valence-electron chi connectivity index (χ3n) is 3.19. The van der Waals surface area contributed by atoms with E-state index >= 15 is 0 Å². The van der Waals surface area contributed by atoms with E-state index in [-0.39, 0.29) is 17.9 Å². The summed E-state index contributed by atoms with van der Waals surface area (Å²) in [5.74, 6) is 1.20. The maximum absolute atomic E-state index is 9.83. The van der Waals surface area contributed by atoms with Crippen LogP contribution in [0, 0.1) is 5.92 Å². The van der Waals surface area contributed by atoms with Crippen molar-refractivity contribution in [2.24, 2.45) is 5.92 Å². The molecule has 0 radical (unpaired) electrons. The number of hydrogen-bond donors (Lipinski definition) is 1. The van der Waals surface area contributed by atoms with E-state index in [0.717, 1.165) is 12.8 Å². The maximum Gasteiger partial charge on any atom is 0.232 e. The smallest absolute Gasteiger partial charge is 0.232 e. The summed E-state index contributed by atoms with van der Waals surface area (Å²) in [5, 5.41) is 13.8. The zero-order valence-corrected chi connectivity index (χ0v) is 12.6. The molecule has 0 saturated carbocycles. The normalized spacial score (nSPS) is 16.6. The Morgan fingerprint density at radius 1 is 1.26 bits per heavy atom. The average Bonchev–Trinajstić information content (AvgIpc) is 2.77. The first kappa shape index (κ1) is 16.1. The molecule has 3 atom stereocenters. The minimum Gasteiger partial charge on any atom is -0.393 e. The van der Waals surface area contributed by atoms with Gasteiger partial charge in [0.2, 0.25) is 11.7 Å². The highest BCUT2D eigenvalue weighted by atomic mass is 16.5. The van der Waals surface area contributed by atoms with Crippen LogP contribution in [0.4, 0.5) is 0 Å². The highest BCUT2D eigenvalue weighted by molar-refractivity contribution is 5.00. The number of nitrogens with zero attached hydrogens (tertiary/aromatic N) is 2. The summed E-state index contributed by atoms with van der Waals surface area (Å²) >= 11 is 0. The van der Waals surface area contributed by atoms with Gasteiger partial charge in [-0.25, -0.2) is 0 Å². The molecule has 5 heteroatoms. The fourth-order valence-corrected chi connectivity index (χ4v) is 2.31. The van der Waals surface area contributed by atoms with Crippen molar-refractivity contribution in [3.8, 4) is 0 Å². The quantitative estimate of drug-likeness (QED) is 0.786. The first-order valence-electron chi connectivity index (χ1n) is 7.14. The van der Waals surface area contributed by atoms with Crippen molar-refractivity contribution >= 4 is 0 Å². The lowest BCUT2D eigenvalue weighted by atomic mass is 9.91. The van der Waals surface area contributed by atoms with E-state index in [2.05, 4.69) is 17.1 Å². The van der Waals surface area contributed by atoms with Crippen molar-refractivity contribution in [3.63, 3.8) is 0 Å². The van der Waals surface area contributed by atoms with Gasteiger partial charge < -0.3 is 14.4 Å². The molecule has 1 rings (SSSR count). The number of hydrogen-bond acceptors (Lipinski definition) is 5. The Morgan fingerprint density at radius 3 is 2.42 bits per heavy atom. The summed E-state index contributed by atoms with van der Waals surface area (Å²) in [6.07, 6.45) is 1.24. The van der Waals surface area contributed by atoms with Crippen LogP contribution >= 0.6 is 0 Å². The number of aromatic nitrogens is 2. The SMILES string of the molecule is CCCC(OCC)c1noc(C(C(C)C)C(C)O)n1. The van der Waals surface area contributed by atoms with Gasteiger partial charge in [0.15, 0.2) is 0 Å². The molecule has 0 aliphatic heterocycles. The molecule has 0 amide bonds. The summed E-state index contributed by atoms with van der Waals surface area (Å²) in [6, 6.07) is 0. The van der Waals surface area contributed by atoms with Gasteiger partial charge in [-0.3, -0.25) is 0 Å². The fraction of sp³-hybridized carbons (Fsp3) is 0.857. The molecule has 0 bridgehead atoms. The lowest BCUT2D eigenvalue weighted by Gasteiger charge is -2.19. The standard InChI is InChI=1S/C14H26N2O3/c1-6-8-11(18-7-2)13-15-14(19-16-13)12(9(3)4)10(5)17/h9-12,17H,6-8H2,1-5H3. The minimum atomic E-state index is -0.509. The van der Waals surface area contributed by atoms with Crippen molar-refractivity contribution in [3.05, 3.63) is 11.7 Å². The van der Waals surface area contributed by atoms with Crippen LogP contribution in [0.15, 0.2) is 4.52 Å². The number of rotatable bonds is 8. The molecule has 0 aromatic carbocycles. The van der Waals surface area contributed by atoms with E-state index in [1.807, 2.05) is 20.8 Å². The molecule has 0 spiro atoms. The average molecular weight is 270 g/mol. The van der Waals surface area contributed by atoms with Crippen molar-refractivity contribution in [1.82, 2.24) is 10.1 Å². The molecule has 19 heavy (non-hydrogen) atoms. The van der Waals surface area contributed by atoms with Gasteiger partial charge in [-0.15, -0.1) is 0 Å². The van der Waals surface area contributed by atoms with Crippen molar-refractivity contribution in [2.75, 3.05) is 6.61 Å². The number of ether oxygens (including phenoxy) is 1. The van der Waals surface area contributed by atoms with Crippen LogP contribution in [0.3, 0.4) is 0 Å². The Hall–Kier alpha value is -0.940. The van der Waals surface area contributed by atoms with E-state index < -0.39 is 6.10 Å². The second kappa shape index (κ2) is 7.60. The van der Waals surface area contributed by atoms with E-state index in [1.54, 1.807) is 6.92 Å². The fourth-order valence-electron chi connectivity index (χ4n) is 2.31. The van der Waals surface area contributed by atoms with Gasteiger partial charge in [-0.05, 0) is 26.2 Å². The van der Waals surface area contributed by atoms with Gasteiger partial charge in [0, 0.05) is 6.61 Å². The lowest BCUT2D eigenvalue weighted by molar-refractivity contribution is 0.0477. The molecule has 1 heterocycles.